The highest BCUT2D eigenvalue weighted by molar-refractivity contribution is 5.97. The van der Waals surface area contributed by atoms with Crippen molar-refractivity contribution in [2.45, 2.75) is 26.2 Å². The Morgan fingerprint density at radius 3 is 2.72 bits per heavy atom. The Labute approximate surface area is 183 Å². The second-order valence-electron chi connectivity index (χ2n) is 8.27. The average molecular weight is 427 g/mol. The molecule has 0 radical (unpaired) electrons. The molecule has 0 unspecified atom stereocenters. The van der Waals surface area contributed by atoms with E-state index in [2.05, 4.69) is 35.0 Å². The van der Waals surface area contributed by atoms with Crippen molar-refractivity contribution in [2.24, 2.45) is 0 Å². The normalized spacial score (nSPS) is 14.5. The number of imidazole rings is 1. The van der Waals surface area contributed by atoms with Crippen LogP contribution in [0.4, 0.5) is 10.1 Å². The van der Waals surface area contributed by atoms with Crippen LogP contribution >= 0.6 is 0 Å². The van der Waals surface area contributed by atoms with Crippen LogP contribution in [0.3, 0.4) is 0 Å². The largest absolute Gasteiger partial charge is 0.370 e. The van der Waals surface area contributed by atoms with Crippen LogP contribution in [0.2, 0.25) is 0 Å². The lowest BCUT2D eigenvalue weighted by Crippen LogP contribution is -2.29. The molecule has 160 valence electrons. The molecule has 1 fully saturated rings. The van der Waals surface area contributed by atoms with Crippen molar-refractivity contribution in [1.29, 1.82) is 0 Å². The first-order chi connectivity index (χ1) is 15.7. The maximum Gasteiger partial charge on any atom is 0.180 e. The van der Waals surface area contributed by atoms with E-state index >= 15 is 4.39 Å². The van der Waals surface area contributed by atoms with Crippen molar-refractivity contribution < 1.29 is 4.39 Å². The zero-order valence-corrected chi connectivity index (χ0v) is 17.7. The van der Waals surface area contributed by atoms with E-state index in [1.54, 1.807) is 24.7 Å². The van der Waals surface area contributed by atoms with Gasteiger partial charge in [-0.2, -0.15) is 5.10 Å². The summed E-state index contributed by atoms with van der Waals surface area (Å²) in [7, 11) is 0. The summed E-state index contributed by atoms with van der Waals surface area (Å²) in [4.78, 5) is 19.0. The van der Waals surface area contributed by atoms with Crippen LogP contribution in [0.15, 0.2) is 42.9 Å². The van der Waals surface area contributed by atoms with Crippen molar-refractivity contribution in [1.82, 2.24) is 30.1 Å². The number of benzene rings is 1. The SMILES string of the molecule is Cc1ccncc1-c1ccc2[nH]nc(-c3nc4nccc(N5CCCCC5)c4[nH]3)c2c1F. The molecular weight excluding hydrogens is 405 g/mol. The van der Waals surface area contributed by atoms with E-state index in [0.717, 1.165) is 35.4 Å². The zero-order chi connectivity index (χ0) is 21.7. The molecule has 1 aromatic carbocycles. The Hall–Kier alpha value is -3.81. The summed E-state index contributed by atoms with van der Waals surface area (Å²) in [6, 6.07) is 7.50. The summed E-state index contributed by atoms with van der Waals surface area (Å²) < 4.78 is 15.8. The topological polar surface area (TPSA) is 86.4 Å². The summed E-state index contributed by atoms with van der Waals surface area (Å²) in [5, 5.41) is 7.76. The molecule has 0 bridgehead atoms. The van der Waals surface area contributed by atoms with Gasteiger partial charge in [-0.1, -0.05) is 0 Å². The molecule has 1 aliphatic rings. The van der Waals surface area contributed by atoms with Crippen LogP contribution in [0.5, 0.6) is 0 Å². The molecule has 1 aliphatic heterocycles. The molecule has 5 aromatic rings. The first-order valence-corrected chi connectivity index (χ1v) is 10.9. The van der Waals surface area contributed by atoms with Crippen LogP contribution < -0.4 is 4.90 Å². The summed E-state index contributed by atoms with van der Waals surface area (Å²) in [5.74, 6) is 0.161. The molecule has 0 atom stereocenters. The third-order valence-electron chi connectivity index (χ3n) is 6.29. The summed E-state index contributed by atoms with van der Waals surface area (Å²) in [6.07, 6.45) is 8.79. The number of anilines is 1. The fourth-order valence-corrected chi connectivity index (χ4v) is 4.61. The number of aromatic amines is 2. The van der Waals surface area contributed by atoms with Gasteiger partial charge in [-0.15, -0.1) is 0 Å². The number of hydrogen-bond acceptors (Lipinski definition) is 5. The van der Waals surface area contributed by atoms with Crippen LogP contribution in [-0.4, -0.2) is 43.2 Å². The molecule has 2 N–H and O–H groups in total. The predicted molar refractivity (Wildman–Crippen MR) is 123 cm³/mol. The highest BCUT2D eigenvalue weighted by Gasteiger charge is 2.22. The molecule has 0 spiro atoms. The summed E-state index contributed by atoms with van der Waals surface area (Å²) >= 11 is 0. The minimum Gasteiger partial charge on any atom is -0.370 e. The number of aryl methyl sites for hydroxylation is 1. The van der Waals surface area contributed by atoms with Gasteiger partial charge in [0.2, 0.25) is 0 Å². The number of nitrogens with zero attached hydrogens (tertiary/aromatic N) is 5. The molecule has 32 heavy (non-hydrogen) atoms. The lowest BCUT2D eigenvalue weighted by atomic mass is 10.00. The fraction of sp³-hybridized carbons (Fsp3) is 0.250. The van der Waals surface area contributed by atoms with Crippen LogP contribution in [-0.2, 0) is 0 Å². The smallest absolute Gasteiger partial charge is 0.180 e. The molecule has 0 saturated carbocycles. The number of hydrogen-bond donors (Lipinski definition) is 2. The van der Waals surface area contributed by atoms with Gasteiger partial charge < -0.3 is 9.88 Å². The lowest BCUT2D eigenvalue weighted by molar-refractivity contribution is 0.578. The van der Waals surface area contributed by atoms with Gasteiger partial charge in [-0.25, -0.2) is 14.4 Å². The van der Waals surface area contributed by atoms with Gasteiger partial charge in [0.1, 0.15) is 17.0 Å². The Kier molecular flexibility index (Phi) is 4.38. The highest BCUT2D eigenvalue weighted by atomic mass is 19.1. The molecule has 1 saturated heterocycles. The maximum absolute atomic E-state index is 15.8. The van der Waals surface area contributed by atoms with Crippen LogP contribution in [0, 0.1) is 12.7 Å². The maximum atomic E-state index is 15.8. The number of pyridine rings is 2. The minimum absolute atomic E-state index is 0.341. The summed E-state index contributed by atoms with van der Waals surface area (Å²) in [5.41, 5.74) is 5.84. The van der Waals surface area contributed by atoms with Gasteiger partial charge >= 0.3 is 0 Å². The average Bonchev–Trinajstić information content (AvgIpc) is 3.45. The van der Waals surface area contributed by atoms with E-state index in [4.69, 9.17) is 0 Å². The standard InChI is InChI=1S/C24H22FN7/c1-14-7-9-26-13-16(14)15-5-6-17-19(20(15)25)22(31-30-17)24-28-21-18(8-10-27-23(21)29-24)32-11-3-2-4-12-32/h5-10,13H,2-4,11-12H2,1H3,(H,30,31)(H,27,28,29). The van der Waals surface area contributed by atoms with Gasteiger partial charge in [0.05, 0.1) is 16.6 Å². The van der Waals surface area contributed by atoms with Crippen molar-refractivity contribution in [3.63, 3.8) is 0 Å². The van der Waals surface area contributed by atoms with Crippen LogP contribution in [0.25, 0.3) is 44.7 Å². The van der Waals surface area contributed by atoms with Gasteiger partial charge in [0, 0.05) is 42.8 Å². The first kappa shape index (κ1) is 18.9. The van der Waals surface area contributed by atoms with E-state index in [-0.39, 0.29) is 5.82 Å². The van der Waals surface area contributed by atoms with E-state index in [1.165, 1.54) is 19.3 Å². The van der Waals surface area contributed by atoms with Crippen molar-refractivity contribution in [3.8, 4) is 22.6 Å². The van der Waals surface area contributed by atoms with E-state index in [0.29, 0.717) is 33.6 Å². The van der Waals surface area contributed by atoms with Gasteiger partial charge in [-0.05, 0) is 56.0 Å². The third-order valence-corrected chi connectivity index (χ3v) is 6.29. The quantitative estimate of drug-likeness (QED) is 0.423. The number of fused-ring (bicyclic) bond motifs is 2. The minimum atomic E-state index is -0.341. The third kappa shape index (κ3) is 2.94. The van der Waals surface area contributed by atoms with Gasteiger partial charge in [0.25, 0.3) is 0 Å². The van der Waals surface area contributed by atoms with E-state index in [9.17, 15) is 0 Å². The van der Waals surface area contributed by atoms with Gasteiger partial charge in [0.15, 0.2) is 11.5 Å². The Morgan fingerprint density at radius 1 is 1.00 bits per heavy atom. The van der Waals surface area contributed by atoms with Crippen LogP contribution in [0.1, 0.15) is 24.8 Å². The number of piperidine rings is 1. The molecule has 0 aliphatic carbocycles. The fourth-order valence-electron chi connectivity index (χ4n) is 4.61. The molecule has 5 heterocycles. The monoisotopic (exact) mass is 427 g/mol. The van der Waals surface area contributed by atoms with Crippen molar-refractivity contribution in [3.05, 3.63) is 54.2 Å². The number of H-pyrrole nitrogens is 2. The number of aromatic nitrogens is 6. The number of rotatable bonds is 3. The Morgan fingerprint density at radius 2 is 1.88 bits per heavy atom. The Balaban J connectivity index is 1.51. The summed E-state index contributed by atoms with van der Waals surface area (Å²) in [6.45, 7) is 3.98. The van der Waals surface area contributed by atoms with Crippen molar-refractivity contribution in [2.75, 3.05) is 18.0 Å². The number of halogens is 1. The second-order valence-corrected chi connectivity index (χ2v) is 8.27. The Bertz CT molecular complexity index is 1450. The molecular formula is C24H22FN7. The van der Waals surface area contributed by atoms with Gasteiger partial charge in [-0.3, -0.25) is 10.1 Å². The first-order valence-electron chi connectivity index (χ1n) is 10.9. The molecule has 7 nitrogen and oxygen atoms in total. The molecule has 4 aromatic heterocycles. The number of nitrogens with one attached hydrogen (secondary N) is 2. The highest BCUT2D eigenvalue weighted by Crippen LogP contribution is 2.35. The molecule has 8 heteroatoms. The molecule has 6 rings (SSSR count). The molecule has 0 amide bonds. The van der Waals surface area contributed by atoms with Crippen molar-refractivity contribution >= 4 is 27.8 Å². The zero-order valence-electron chi connectivity index (χ0n) is 17.7. The lowest BCUT2D eigenvalue weighted by Gasteiger charge is -2.28. The van der Waals surface area contributed by atoms with E-state index in [1.807, 2.05) is 25.1 Å². The van der Waals surface area contributed by atoms with E-state index < -0.39 is 0 Å². The predicted octanol–water partition coefficient (Wildman–Crippen LogP) is 5.00. The second kappa shape index (κ2) is 7.40.